The number of nitrogens with zero attached hydrogens (tertiary/aromatic N) is 3. The van der Waals surface area contributed by atoms with Crippen LogP contribution in [0.2, 0.25) is 0 Å². The van der Waals surface area contributed by atoms with Crippen LogP contribution < -0.4 is 10.2 Å². The normalized spacial score (nSPS) is 14.5. The van der Waals surface area contributed by atoms with Gasteiger partial charge in [-0.3, -0.25) is 4.79 Å². The quantitative estimate of drug-likeness (QED) is 0.467. The second-order valence-corrected chi connectivity index (χ2v) is 8.92. The average molecular weight is 413 g/mol. The van der Waals surface area contributed by atoms with Crippen molar-refractivity contribution in [3.63, 3.8) is 0 Å². The predicted octanol–water partition coefficient (Wildman–Crippen LogP) is 5.27. The van der Waals surface area contributed by atoms with Gasteiger partial charge in [0.1, 0.15) is 10.6 Å². The van der Waals surface area contributed by atoms with Gasteiger partial charge in [-0.15, -0.1) is 11.3 Å². The second kappa shape index (κ2) is 8.09. The van der Waals surface area contributed by atoms with E-state index in [0.29, 0.717) is 4.88 Å². The van der Waals surface area contributed by atoms with Crippen molar-refractivity contribution in [3.05, 3.63) is 40.3 Å². The highest BCUT2D eigenvalue weighted by molar-refractivity contribution is 7.98. The van der Waals surface area contributed by atoms with Crippen LogP contribution in [0.5, 0.6) is 0 Å². The minimum atomic E-state index is -0.0907. The highest BCUT2D eigenvalue weighted by atomic mass is 32.2. The minimum absolute atomic E-state index is 0.0907. The van der Waals surface area contributed by atoms with Gasteiger partial charge in [0.05, 0.1) is 10.3 Å². The molecule has 1 fully saturated rings. The number of thioether (sulfide) groups is 1. The average Bonchev–Trinajstić information content (AvgIpc) is 3.15. The van der Waals surface area contributed by atoms with Crippen LogP contribution in [-0.4, -0.2) is 35.2 Å². The Bertz CT molecular complexity index is 1020. The van der Waals surface area contributed by atoms with Crippen LogP contribution in [0.15, 0.2) is 29.4 Å². The van der Waals surface area contributed by atoms with E-state index in [1.54, 1.807) is 11.8 Å². The largest absolute Gasteiger partial charge is 0.356 e. The summed E-state index contributed by atoms with van der Waals surface area (Å²) in [4.78, 5) is 26.2. The van der Waals surface area contributed by atoms with Crippen molar-refractivity contribution in [3.8, 4) is 0 Å². The Kier molecular flexibility index (Phi) is 5.55. The zero-order valence-corrected chi connectivity index (χ0v) is 18.0. The molecule has 1 N–H and O–H groups in total. The van der Waals surface area contributed by atoms with Gasteiger partial charge in [0.25, 0.3) is 5.91 Å². The topological polar surface area (TPSA) is 58.1 Å². The molecule has 0 unspecified atom stereocenters. The number of rotatable bonds is 4. The highest BCUT2D eigenvalue weighted by Crippen LogP contribution is 2.34. The number of hydrogen-bond acceptors (Lipinski definition) is 6. The fourth-order valence-electron chi connectivity index (χ4n) is 3.51. The lowest BCUT2D eigenvalue weighted by Gasteiger charge is -2.28. The van der Waals surface area contributed by atoms with E-state index in [-0.39, 0.29) is 5.91 Å². The first-order valence-corrected chi connectivity index (χ1v) is 11.6. The monoisotopic (exact) mass is 412 g/mol. The molecular weight excluding hydrogens is 388 g/mol. The molecule has 2 aromatic heterocycles. The molecule has 0 radical (unpaired) electrons. The third-order valence-electron chi connectivity index (χ3n) is 5.27. The van der Waals surface area contributed by atoms with Gasteiger partial charge in [-0.2, -0.15) is 0 Å². The number of anilines is 2. The SMILES string of the molecule is CSc1nc(N2CCCCC2)c2cc(C(=O)Nc3cccc(C)c3C)sc2n1. The molecule has 5 nitrogen and oxygen atoms in total. The Hall–Kier alpha value is -2.12. The number of carbonyl (C=O) groups is 1. The molecule has 0 aliphatic carbocycles. The molecule has 7 heteroatoms. The summed E-state index contributed by atoms with van der Waals surface area (Å²) in [5.41, 5.74) is 3.11. The van der Waals surface area contributed by atoms with Gasteiger partial charge in [0.2, 0.25) is 0 Å². The third kappa shape index (κ3) is 3.73. The first kappa shape index (κ1) is 19.2. The van der Waals surface area contributed by atoms with Gasteiger partial charge in [-0.1, -0.05) is 23.9 Å². The highest BCUT2D eigenvalue weighted by Gasteiger charge is 2.21. The van der Waals surface area contributed by atoms with Crippen molar-refractivity contribution in [1.29, 1.82) is 0 Å². The summed E-state index contributed by atoms with van der Waals surface area (Å²) < 4.78 is 0. The molecular formula is C21H24N4OS2. The molecule has 3 aromatic rings. The summed E-state index contributed by atoms with van der Waals surface area (Å²) >= 11 is 2.98. The fourth-order valence-corrected chi connectivity index (χ4v) is 4.85. The van der Waals surface area contributed by atoms with E-state index >= 15 is 0 Å². The number of aryl methyl sites for hydroxylation is 1. The van der Waals surface area contributed by atoms with Gasteiger partial charge < -0.3 is 10.2 Å². The molecule has 0 atom stereocenters. The van der Waals surface area contributed by atoms with Crippen molar-refractivity contribution in [2.45, 2.75) is 38.3 Å². The Balaban J connectivity index is 1.70. The number of fused-ring (bicyclic) bond motifs is 1. The number of piperidine rings is 1. The lowest BCUT2D eigenvalue weighted by atomic mass is 10.1. The molecule has 1 amide bonds. The number of nitrogens with one attached hydrogen (secondary N) is 1. The maximum atomic E-state index is 12.9. The number of aromatic nitrogens is 2. The van der Waals surface area contributed by atoms with Crippen molar-refractivity contribution in [2.24, 2.45) is 0 Å². The van der Waals surface area contributed by atoms with Gasteiger partial charge in [-0.05, 0) is 62.6 Å². The van der Waals surface area contributed by atoms with Gasteiger partial charge in [0, 0.05) is 18.8 Å². The van der Waals surface area contributed by atoms with Crippen molar-refractivity contribution in [1.82, 2.24) is 9.97 Å². The molecule has 1 aliphatic rings. The first-order chi connectivity index (χ1) is 13.6. The summed E-state index contributed by atoms with van der Waals surface area (Å²) in [6, 6.07) is 7.91. The molecule has 4 rings (SSSR count). The molecule has 0 bridgehead atoms. The molecule has 1 aliphatic heterocycles. The Morgan fingerprint density at radius 2 is 1.96 bits per heavy atom. The summed E-state index contributed by atoms with van der Waals surface area (Å²) in [5.74, 6) is 0.878. The molecule has 28 heavy (non-hydrogen) atoms. The van der Waals surface area contributed by atoms with Crippen LogP contribution in [0.1, 0.15) is 40.1 Å². The van der Waals surface area contributed by atoms with Crippen LogP contribution in [0.25, 0.3) is 10.2 Å². The number of carbonyl (C=O) groups excluding carboxylic acids is 1. The zero-order valence-electron chi connectivity index (χ0n) is 16.4. The van der Waals surface area contributed by atoms with E-state index < -0.39 is 0 Å². The van der Waals surface area contributed by atoms with Crippen LogP contribution in [0.3, 0.4) is 0 Å². The third-order valence-corrected chi connectivity index (χ3v) is 6.84. The Morgan fingerprint density at radius 1 is 1.18 bits per heavy atom. The number of amides is 1. The zero-order chi connectivity index (χ0) is 19.7. The molecule has 3 heterocycles. The van der Waals surface area contributed by atoms with Crippen molar-refractivity contribution >= 4 is 50.7 Å². The molecule has 1 aromatic carbocycles. The van der Waals surface area contributed by atoms with Crippen LogP contribution in [0, 0.1) is 13.8 Å². The van der Waals surface area contributed by atoms with Crippen molar-refractivity contribution < 1.29 is 4.79 Å². The van der Waals surface area contributed by atoms with Crippen LogP contribution in [-0.2, 0) is 0 Å². The fraction of sp³-hybridized carbons (Fsp3) is 0.381. The Morgan fingerprint density at radius 3 is 2.71 bits per heavy atom. The first-order valence-electron chi connectivity index (χ1n) is 9.55. The molecule has 0 saturated carbocycles. The summed E-state index contributed by atoms with van der Waals surface area (Å²) in [6.07, 6.45) is 5.63. The van der Waals surface area contributed by atoms with Gasteiger partial charge in [0.15, 0.2) is 5.16 Å². The van der Waals surface area contributed by atoms with E-state index in [9.17, 15) is 4.79 Å². The standard InChI is InChI=1S/C21H24N4OS2/c1-13-8-7-9-16(14(13)2)22-19(26)17-12-15-18(25-10-5-4-6-11-25)23-21(27-3)24-20(15)28-17/h7-9,12H,4-6,10-11H2,1-3H3,(H,22,26). The minimum Gasteiger partial charge on any atom is -0.356 e. The van der Waals surface area contributed by atoms with Crippen molar-refractivity contribution in [2.75, 3.05) is 29.6 Å². The van der Waals surface area contributed by atoms with E-state index in [4.69, 9.17) is 4.98 Å². The van der Waals surface area contributed by atoms with E-state index in [2.05, 4.69) is 28.2 Å². The van der Waals surface area contributed by atoms with E-state index in [1.165, 1.54) is 30.6 Å². The smallest absolute Gasteiger partial charge is 0.265 e. The second-order valence-electron chi connectivity index (χ2n) is 7.11. The van der Waals surface area contributed by atoms with E-state index in [0.717, 1.165) is 51.1 Å². The summed E-state index contributed by atoms with van der Waals surface area (Å²) in [7, 11) is 0. The maximum Gasteiger partial charge on any atom is 0.265 e. The Labute approximate surface area is 173 Å². The van der Waals surface area contributed by atoms with E-state index in [1.807, 2.05) is 31.4 Å². The summed E-state index contributed by atoms with van der Waals surface area (Å²) in [5, 5.41) is 4.80. The van der Waals surface area contributed by atoms with Gasteiger partial charge in [-0.25, -0.2) is 9.97 Å². The summed E-state index contributed by atoms with van der Waals surface area (Å²) in [6.45, 7) is 6.11. The van der Waals surface area contributed by atoms with Crippen LogP contribution in [0.4, 0.5) is 11.5 Å². The van der Waals surface area contributed by atoms with Gasteiger partial charge >= 0.3 is 0 Å². The molecule has 0 spiro atoms. The molecule has 1 saturated heterocycles. The number of thiophene rings is 1. The predicted molar refractivity (Wildman–Crippen MR) is 119 cm³/mol. The lowest BCUT2D eigenvalue weighted by Crippen LogP contribution is -2.30. The van der Waals surface area contributed by atoms with Crippen LogP contribution >= 0.6 is 23.1 Å². The molecule has 146 valence electrons. The number of hydrogen-bond donors (Lipinski definition) is 1. The maximum absolute atomic E-state index is 12.9. The lowest BCUT2D eigenvalue weighted by molar-refractivity contribution is 0.103. The number of benzene rings is 1.